The van der Waals surface area contributed by atoms with Crippen LogP contribution in [0.4, 0.5) is 11.6 Å². The molecule has 0 aliphatic carbocycles. The lowest BCUT2D eigenvalue weighted by atomic mass is 10.1. The molecule has 0 spiro atoms. The third kappa shape index (κ3) is 5.19. The highest BCUT2D eigenvalue weighted by atomic mass is 16.1. The summed E-state index contributed by atoms with van der Waals surface area (Å²) in [5.74, 6) is 1.65. The number of pyridine rings is 2. The molecule has 0 amide bonds. The van der Waals surface area contributed by atoms with E-state index in [1.54, 1.807) is 18.6 Å². The summed E-state index contributed by atoms with van der Waals surface area (Å²) in [6, 6.07) is 7.63. The van der Waals surface area contributed by atoms with E-state index < -0.39 is 0 Å². The van der Waals surface area contributed by atoms with Crippen LogP contribution in [-0.4, -0.2) is 39.2 Å². The van der Waals surface area contributed by atoms with Crippen molar-refractivity contribution in [2.75, 3.05) is 11.9 Å². The molecule has 0 aromatic carbocycles. The van der Waals surface area contributed by atoms with E-state index in [4.69, 9.17) is 5.73 Å². The van der Waals surface area contributed by atoms with Gasteiger partial charge in [0, 0.05) is 18.0 Å². The second-order valence-corrected chi connectivity index (χ2v) is 6.79. The van der Waals surface area contributed by atoms with Crippen molar-refractivity contribution in [3.63, 3.8) is 0 Å². The summed E-state index contributed by atoms with van der Waals surface area (Å²) >= 11 is 0. The Bertz CT molecular complexity index is 1060. The van der Waals surface area contributed by atoms with Crippen LogP contribution in [0.3, 0.4) is 0 Å². The maximum absolute atomic E-state index is 10.4. The molecule has 8 nitrogen and oxygen atoms in total. The molecule has 0 saturated heterocycles. The zero-order valence-electron chi connectivity index (χ0n) is 16.5. The number of nitrogens with two attached hydrogens (primary N) is 1. The molecular weight excluding hydrogens is 366 g/mol. The molecule has 3 heterocycles. The highest BCUT2D eigenvalue weighted by Crippen LogP contribution is 2.21. The first-order chi connectivity index (χ1) is 14.1. The van der Waals surface area contributed by atoms with Crippen LogP contribution >= 0.6 is 0 Å². The van der Waals surface area contributed by atoms with Crippen molar-refractivity contribution in [2.45, 2.75) is 26.2 Å². The minimum Gasteiger partial charge on any atom is -0.404 e. The van der Waals surface area contributed by atoms with Crippen molar-refractivity contribution in [1.29, 1.82) is 0 Å². The second-order valence-electron chi connectivity index (χ2n) is 6.79. The van der Waals surface area contributed by atoms with Gasteiger partial charge in [0.2, 0.25) is 0 Å². The van der Waals surface area contributed by atoms with Gasteiger partial charge in [0.05, 0.1) is 29.2 Å². The monoisotopic (exact) mass is 390 g/mol. The first-order valence-corrected chi connectivity index (χ1v) is 9.39. The Hall–Kier alpha value is -3.68. The van der Waals surface area contributed by atoms with Gasteiger partial charge < -0.3 is 15.8 Å². The SMILES string of the molecule is CC(C)c1cnnc(Nc2ccc3ncc(C(C=[NH+]CCC=O)=CN)cc3n2)c1. The zero-order chi connectivity index (χ0) is 20.6. The van der Waals surface area contributed by atoms with Crippen molar-refractivity contribution in [3.05, 3.63) is 54.0 Å². The molecule has 0 fully saturated rings. The maximum atomic E-state index is 10.4. The largest absolute Gasteiger partial charge is 0.404 e. The summed E-state index contributed by atoms with van der Waals surface area (Å²) in [5, 5.41) is 11.4. The van der Waals surface area contributed by atoms with Crippen LogP contribution in [0.25, 0.3) is 16.6 Å². The van der Waals surface area contributed by atoms with Crippen LogP contribution in [0.2, 0.25) is 0 Å². The minimum absolute atomic E-state index is 0.361. The predicted octanol–water partition coefficient (Wildman–Crippen LogP) is 1.33. The molecule has 4 N–H and O–H groups in total. The van der Waals surface area contributed by atoms with Gasteiger partial charge in [-0.05, 0) is 35.7 Å². The Morgan fingerprint density at radius 2 is 2.07 bits per heavy atom. The van der Waals surface area contributed by atoms with Crippen LogP contribution in [0, 0.1) is 0 Å². The topological polar surface area (TPSA) is 121 Å². The van der Waals surface area contributed by atoms with Crippen LogP contribution in [-0.2, 0) is 4.79 Å². The quantitative estimate of drug-likeness (QED) is 0.301. The van der Waals surface area contributed by atoms with E-state index in [1.807, 2.05) is 24.3 Å². The van der Waals surface area contributed by atoms with Crippen LogP contribution in [0.5, 0.6) is 0 Å². The van der Waals surface area contributed by atoms with Crippen molar-refractivity contribution < 1.29 is 9.79 Å². The fourth-order valence-corrected chi connectivity index (χ4v) is 2.68. The number of hydrogen-bond acceptors (Lipinski definition) is 7. The third-order valence-electron chi connectivity index (χ3n) is 4.31. The summed E-state index contributed by atoms with van der Waals surface area (Å²) in [6.45, 7) is 4.76. The molecule has 3 rings (SSSR count). The number of nitrogens with one attached hydrogen (secondary N) is 2. The highest BCUT2D eigenvalue weighted by Gasteiger charge is 2.08. The van der Waals surface area contributed by atoms with E-state index in [-0.39, 0.29) is 0 Å². The molecule has 3 aromatic heterocycles. The number of rotatable bonds is 8. The van der Waals surface area contributed by atoms with Gasteiger partial charge in [0.1, 0.15) is 18.6 Å². The predicted molar refractivity (Wildman–Crippen MR) is 114 cm³/mol. The smallest absolute Gasteiger partial charge is 0.171 e. The Balaban J connectivity index is 1.86. The van der Waals surface area contributed by atoms with Gasteiger partial charge in [-0.1, -0.05) is 13.8 Å². The number of nitrogens with zero attached hydrogens (tertiary/aromatic N) is 4. The van der Waals surface area contributed by atoms with Gasteiger partial charge in [-0.2, -0.15) is 5.10 Å². The number of fused-ring (bicyclic) bond motifs is 1. The van der Waals surface area contributed by atoms with Crippen molar-refractivity contribution in [3.8, 4) is 0 Å². The van der Waals surface area contributed by atoms with Gasteiger partial charge in [0.25, 0.3) is 0 Å². The molecule has 0 unspecified atom stereocenters. The van der Waals surface area contributed by atoms with Crippen LogP contribution < -0.4 is 16.0 Å². The Morgan fingerprint density at radius 3 is 2.83 bits per heavy atom. The normalized spacial score (nSPS) is 12.0. The van der Waals surface area contributed by atoms with E-state index in [2.05, 4.69) is 44.3 Å². The third-order valence-corrected chi connectivity index (χ3v) is 4.31. The van der Waals surface area contributed by atoms with Crippen LogP contribution in [0.1, 0.15) is 37.3 Å². The first-order valence-electron chi connectivity index (χ1n) is 9.39. The fraction of sp³-hybridized carbons (Fsp3) is 0.238. The van der Waals surface area contributed by atoms with E-state index in [1.165, 1.54) is 6.20 Å². The van der Waals surface area contributed by atoms with Crippen LogP contribution in [0.15, 0.2) is 42.9 Å². The summed E-state index contributed by atoms with van der Waals surface area (Å²) in [6.07, 6.45) is 8.06. The second kappa shape index (κ2) is 9.50. The average Bonchev–Trinajstić information content (AvgIpc) is 2.73. The lowest BCUT2D eigenvalue weighted by Gasteiger charge is -2.09. The number of allylic oxidation sites excluding steroid dienone is 1. The average molecular weight is 390 g/mol. The minimum atomic E-state index is 0.361. The molecule has 148 valence electrons. The molecule has 3 aromatic rings. The van der Waals surface area contributed by atoms with Gasteiger partial charge in [0.15, 0.2) is 12.0 Å². The van der Waals surface area contributed by atoms with Crippen molar-refractivity contribution in [1.82, 2.24) is 20.2 Å². The van der Waals surface area contributed by atoms with E-state index in [0.29, 0.717) is 30.5 Å². The summed E-state index contributed by atoms with van der Waals surface area (Å²) in [5.41, 5.74) is 9.94. The summed E-state index contributed by atoms with van der Waals surface area (Å²) in [7, 11) is 0. The Labute approximate surface area is 169 Å². The molecule has 0 bridgehead atoms. The standard InChI is InChI=1S/C21H23N7O/c1-14(2)15-9-21(28-25-13-15)27-20-5-4-18-19(26-20)8-16(12-24-18)17(10-22)11-23-6-3-7-29/h4-5,7-14H,3,6,22H2,1-2H3,(H,26,27,28)/p+1. The van der Waals surface area contributed by atoms with Gasteiger partial charge in [-0.25, -0.2) is 9.98 Å². The lowest BCUT2D eigenvalue weighted by Crippen LogP contribution is -2.69. The molecule has 0 radical (unpaired) electrons. The molecule has 0 saturated carbocycles. The van der Waals surface area contributed by atoms with Gasteiger partial charge in [-0.15, -0.1) is 5.10 Å². The van der Waals surface area contributed by atoms with E-state index >= 15 is 0 Å². The van der Waals surface area contributed by atoms with Crippen molar-refractivity contribution in [2.24, 2.45) is 5.73 Å². The first kappa shape index (κ1) is 20.1. The fourth-order valence-electron chi connectivity index (χ4n) is 2.68. The number of aromatic nitrogens is 4. The maximum Gasteiger partial charge on any atom is 0.171 e. The Morgan fingerprint density at radius 1 is 1.21 bits per heavy atom. The number of carbonyl (C=O) groups is 1. The molecule has 0 aliphatic heterocycles. The molecule has 8 heteroatoms. The summed E-state index contributed by atoms with van der Waals surface area (Å²) in [4.78, 5) is 22.6. The molecular formula is C21H24N7O+. The Kier molecular flexibility index (Phi) is 6.57. The molecule has 29 heavy (non-hydrogen) atoms. The van der Waals surface area contributed by atoms with Crippen molar-refractivity contribution >= 4 is 40.7 Å². The number of carbonyl (C=O) groups excluding carboxylic acids is 1. The lowest BCUT2D eigenvalue weighted by molar-refractivity contribution is -0.448. The number of hydrogen-bond donors (Lipinski definition) is 3. The van der Waals surface area contributed by atoms with Gasteiger partial charge in [-0.3, -0.25) is 4.98 Å². The number of anilines is 2. The molecule has 0 atom stereocenters. The molecule has 0 aliphatic rings. The summed E-state index contributed by atoms with van der Waals surface area (Å²) < 4.78 is 0. The zero-order valence-corrected chi connectivity index (χ0v) is 16.5. The van der Waals surface area contributed by atoms with Gasteiger partial charge >= 0.3 is 0 Å². The van der Waals surface area contributed by atoms with E-state index in [9.17, 15) is 4.79 Å². The highest BCUT2D eigenvalue weighted by molar-refractivity contribution is 6.07. The number of aldehydes is 1. The van der Waals surface area contributed by atoms with E-state index in [0.717, 1.165) is 34.0 Å².